The van der Waals surface area contributed by atoms with Gasteiger partial charge in [0.25, 0.3) is 0 Å². The Labute approximate surface area is 195 Å². The van der Waals surface area contributed by atoms with E-state index in [0.29, 0.717) is 32.6 Å². The molecular weight excluding hydrogens is 447 g/mol. The Hall–Kier alpha value is -3.58. The number of nitrogens with zero attached hydrogens (tertiary/aromatic N) is 6. The number of hydrazone groups is 1. The van der Waals surface area contributed by atoms with Crippen molar-refractivity contribution >= 4 is 40.2 Å². The van der Waals surface area contributed by atoms with Gasteiger partial charge in [-0.2, -0.15) is 5.10 Å². The highest BCUT2D eigenvalue weighted by Crippen LogP contribution is 2.40. The smallest absolute Gasteiger partial charge is 0.0903 e. The molecule has 0 saturated heterocycles. The lowest BCUT2D eigenvalue weighted by Gasteiger charge is -2.21. The first-order valence-corrected chi connectivity index (χ1v) is 10.3. The summed E-state index contributed by atoms with van der Waals surface area (Å²) in [6.45, 7) is 3.89. The minimum Gasteiger partial charge on any atom is -0.323 e. The van der Waals surface area contributed by atoms with Crippen LogP contribution in [0.2, 0.25) is 10.0 Å². The molecule has 1 aliphatic carbocycles. The fourth-order valence-electron chi connectivity index (χ4n) is 3.59. The van der Waals surface area contributed by atoms with E-state index in [1.807, 2.05) is 44.2 Å². The summed E-state index contributed by atoms with van der Waals surface area (Å²) < 4.78 is 0. The van der Waals surface area contributed by atoms with Gasteiger partial charge < -0.3 is 11.7 Å². The van der Waals surface area contributed by atoms with Crippen LogP contribution in [0.1, 0.15) is 23.6 Å². The van der Waals surface area contributed by atoms with Crippen LogP contribution in [0.3, 0.4) is 0 Å². The average molecular weight is 467 g/mol. The molecule has 0 heterocycles. The largest absolute Gasteiger partial charge is 0.323 e. The van der Waals surface area contributed by atoms with Gasteiger partial charge in [0, 0.05) is 20.5 Å². The van der Waals surface area contributed by atoms with Gasteiger partial charge in [-0.3, -0.25) is 0 Å². The molecule has 0 unspecified atom stereocenters. The van der Waals surface area contributed by atoms with Crippen molar-refractivity contribution in [1.82, 2.24) is 0 Å². The molecule has 162 valence electrons. The van der Waals surface area contributed by atoms with Crippen molar-refractivity contribution in [2.24, 2.45) is 32.2 Å². The molecule has 0 spiro atoms. The van der Waals surface area contributed by atoms with Crippen LogP contribution in [-0.2, 0) is 0 Å². The van der Waals surface area contributed by atoms with Crippen LogP contribution in [0.5, 0.6) is 0 Å². The molecular formula is C22H20Cl2N8. The molecule has 0 fully saturated rings. The fourth-order valence-corrected chi connectivity index (χ4v) is 4.17. The fraction of sp³-hybridized carbons (Fsp3) is 0.136. The second-order valence-corrected chi connectivity index (χ2v) is 7.82. The van der Waals surface area contributed by atoms with Crippen molar-refractivity contribution < 1.29 is 0 Å². The molecule has 0 amide bonds. The van der Waals surface area contributed by atoms with Gasteiger partial charge in [-0.05, 0) is 89.2 Å². The number of halogens is 2. The zero-order chi connectivity index (χ0) is 23.3. The summed E-state index contributed by atoms with van der Waals surface area (Å²) in [5.41, 5.74) is 15.6. The van der Waals surface area contributed by atoms with Crippen molar-refractivity contribution in [3.63, 3.8) is 0 Å². The Balaban J connectivity index is 2.38. The van der Waals surface area contributed by atoms with Gasteiger partial charge in [-0.15, -0.1) is 5.11 Å². The van der Waals surface area contributed by atoms with E-state index in [1.165, 1.54) is 0 Å². The first kappa shape index (κ1) is 23.1. The predicted octanol–water partition coefficient (Wildman–Crippen LogP) is 6.57. The van der Waals surface area contributed by atoms with Crippen LogP contribution >= 0.6 is 23.2 Å². The molecule has 32 heavy (non-hydrogen) atoms. The van der Waals surface area contributed by atoms with Crippen molar-refractivity contribution in [1.29, 1.82) is 0 Å². The second kappa shape index (κ2) is 10.2. The van der Waals surface area contributed by atoms with E-state index in [0.717, 1.165) is 27.8 Å². The van der Waals surface area contributed by atoms with Crippen LogP contribution in [0.15, 0.2) is 85.8 Å². The van der Waals surface area contributed by atoms with Crippen molar-refractivity contribution in [2.45, 2.75) is 13.8 Å². The van der Waals surface area contributed by atoms with Crippen LogP contribution in [0, 0.1) is 6.92 Å². The monoisotopic (exact) mass is 466 g/mol. The maximum Gasteiger partial charge on any atom is 0.0903 e. The number of benzene rings is 2. The molecule has 8 nitrogen and oxygen atoms in total. The van der Waals surface area contributed by atoms with Gasteiger partial charge in [0.2, 0.25) is 0 Å². The zero-order valence-electron chi connectivity index (χ0n) is 17.4. The van der Waals surface area contributed by atoms with Crippen molar-refractivity contribution in [2.75, 3.05) is 6.54 Å². The summed E-state index contributed by atoms with van der Waals surface area (Å²) in [6, 6.07) is 11.0. The lowest BCUT2D eigenvalue weighted by atomic mass is 9.86. The Morgan fingerprint density at radius 2 is 1.78 bits per heavy atom. The summed E-state index contributed by atoms with van der Waals surface area (Å²) in [5, 5.41) is 15.9. The van der Waals surface area contributed by atoms with Gasteiger partial charge in [0.05, 0.1) is 17.9 Å². The Kier molecular flexibility index (Phi) is 7.33. The number of aryl methyl sites for hydroxylation is 1. The number of hydrogen-bond donors (Lipinski definition) is 2. The number of hydrogen-bond acceptors (Lipinski definition) is 5. The molecule has 0 aromatic heterocycles. The summed E-state index contributed by atoms with van der Waals surface area (Å²) in [6.07, 6.45) is 3.83. The number of nitrogens with two attached hydrogens (primary N) is 2. The molecule has 2 aromatic rings. The molecule has 0 radical (unpaired) electrons. The van der Waals surface area contributed by atoms with Gasteiger partial charge in [-0.25, -0.2) is 0 Å². The van der Waals surface area contributed by atoms with Crippen molar-refractivity contribution in [3.8, 4) is 0 Å². The third-order valence-corrected chi connectivity index (χ3v) is 5.60. The summed E-state index contributed by atoms with van der Waals surface area (Å²) in [7, 11) is 0. The first-order chi connectivity index (χ1) is 15.4. The minimum absolute atomic E-state index is 0.0968. The SMILES string of the molecule is CC1=C/C(=C(\c2ccc(N=NN)c(C)c2)c2c(Cl)cccc2Cl)C=C(CN=[N+]=[N-])C1=NN. The molecule has 3 rings (SSSR count). The summed E-state index contributed by atoms with van der Waals surface area (Å²) in [5.74, 6) is 10.8. The Morgan fingerprint density at radius 3 is 2.38 bits per heavy atom. The maximum atomic E-state index is 8.80. The van der Waals surface area contributed by atoms with Gasteiger partial charge >= 0.3 is 0 Å². The lowest BCUT2D eigenvalue weighted by Crippen LogP contribution is -2.14. The standard InChI is InChI=1S/C22H20Cl2N8/c1-12-8-14(6-7-19(12)30-32-27)20(21-17(23)4-3-5-18(21)24)15-9-13(2)22(29-25)16(10-15)11-28-31-26/h3-10H,11,25H2,1-2H3,(H2,27,30)/b20-15-,29-22?. The number of rotatable bonds is 5. The maximum absolute atomic E-state index is 8.80. The minimum atomic E-state index is 0.0968. The molecule has 0 saturated carbocycles. The number of allylic oxidation sites excluding steroid dienone is 4. The zero-order valence-corrected chi connectivity index (χ0v) is 18.9. The lowest BCUT2D eigenvalue weighted by molar-refractivity contribution is 1.05. The van der Waals surface area contributed by atoms with Gasteiger partial charge in [0.15, 0.2) is 0 Å². The molecule has 0 atom stereocenters. The van der Waals surface area contributed by atoms with Crippen LogP contribution in [0.4, 0.5) is 5.69 Å². The highest BCUT2D eigenvalue weighted by molar-refractivity contribution is 6.38. The van der Waals surface area contributed by atoms with E-state index in [-0.39, 0.29) is 6.54 Å². The normalized spacial score (nSPS) is 16.6. The molecule has 0 aliphatic heterocycles. The van der Waals surface area contributed by atoms with Crippen LogP contribution in [-0.4, -0.2) is 12.3 Å². The molecule has 4 N–H and O–H groups in total. The predicted molar refractivity (Wildman–Crippen MR) is 130 cm³/mol. The first-order valence-electron chi connectivity index (χ1n) is 9.50. The Bertz CT molecular complexity index is 1240. The Morgan fingerprint density at radius 1 is 1.06 bits per heavy atom. The molecule has 10 heteroatoms. The summed E-state index contributed by atoms with van der Waals surface area (Å²) in [4.78, 5) is 2.86. The molecule has 0 bridgehead atoms. The molecule has 1 aliphatic rings. The van der Waals surface area contributed by atoms with E-state index >= 15 is 0 Å². The highest BCUT2D eigenvalue weighted by atomic mass is 35.5. The molecule has 2 aromatic carbocycles. The van der Waals surface area contributed by atoms with Gasteiger partial charge in [0.1, 0.15) is 0 Å². The van der Waals surface area contributed by atoms with Gasteiger partial charge in [-0.1, -0.05) is 45.7 Å². The quantitative estimate of drug-likeness (QED) is 0.169. The van der Waals surface area contributed by atoms with E-state index in [1.54, 1.807) is 18.2 Å². The van der Waals surface area contributed by atoms with E-state index in [9.17, 15) is 0 Å². The third kappa shape index (κ3) is 4.68. The van der Waals surface area contributed by atoms with E-state index in [2.05, 4.69) is 25.5 Å². The van der Waals surface area contributed by atoms with Crippen LogP contribution < -0.4 is 11.7 Å². The summed E-state index contributed by atoms with van der Waals surface area (Å²) >= 11 is 13.2. The van der Waals surface area contributed by atoms with E-state index in [4.69, 9.17) is 40.4 Å². The van der Waals surface area contributed by atoms with Crippen molar-refractivity contribution in [3.05, 3.63) is 102 Å². The highest BCUT2D eigenvalue weighted by Gasteiger charge is 2.21. The second-order valence-electron chi connectivity index (χ2n) is 7.01. The van der Waals surface area contributed by atoms with E-state index < -0.39 is 0 Å². The third-order valence-electron chi connectivity index (χ3n) is 4.97. The number of azide groups is 1. The van der Waals surface area contributed by atoms with Crippen LogP contribution in [0.25, 0.3) is 16.0 Å². The topological polar surface area (TPSA) is 138 Å². The average Bonchev–Trinajstić information content (AvgIpc) is 2.76.